The summed E-state index contributed by atoms with van der Waals surface area (Å²) in [7, 11) is 0. The standard InChI is InChI=1S/C6H7FN2O2/c1-4-2-3-9(8-4)5(7)6(10)11/h2-3,5H,1H3,(H,10,11). The van der Waals surface area contributed by atoms with Gasteiger partial charge in [0.05, 0.1) is 5.69 Å². The second kappa shape index (κ2) is 2.69. The summed E-state index contributed by atoms with van der Waals surface area (Å²) in [6.07, 6.45) is -0.794. The topological polar surface area (TPSA) is 55.1 Å². The molecule has 1 aromatic heterocycles. The second-order valence-corrected chi connectivity index (χ2v) is 2.11. The fourth-order valence-corrected chi connectivity index (χ4v) is 0.672. The van der Waals surface area contributed by atoms with Crippen LogP contribution >= 0.6 is 0 Å². The second-order valence-electron chi connectivity index (χ2n) is 2.11. The van der Waals surface area contributed by atoms with E-state index in [-0.39, 0.29) is 0 Å². The van der Waals surface area contributed by atoms with Gasteiger partial charge in [-0.1, -0.05) is 0 Å². The molecule has 1 heterocycles. The Labute approximate surface area is 62.3 Å². The lowest BCUT2D eigenvalue weighted by Crippen LogP contribution is -2.14. The highest BCUT2D eigenvalue weighted by atomic mass is 19.1. The van der Waals surface area contributed by atoms with Gasteiger partial charge in [-0.05, 0) is 13.0 Å². The van der Waals surface area contributed by atoms with Crippen LogP contribution in [0.15, 0.2) is 12.3 Å². The zero-order valence-electron chi connectivity index (χ0n) is 5.86. The van der Waals surface area contributed by atoms with Crippen molar-refractivity contribution in [2.75, 3.05) is 0 Å². The zero-order chi connectivity index (χ0) is 8.43. The molecule has 0 radical (unpaired) electrons. The van der Waals surface area contributed by atoms with Gasteiger partial charge >= 0.3 is 5.97 Å². The molecule has 1 aromatic rings. The first-order valence-electron chi connectivity index (χ1n) is 3.00. The highest BCUT2D eigenvalue weighted by Crippen LogP contribution is 2.06. The molecular formula is C6H7FN2O2. The number of rotatable bonds is 2. The van der Waals surface area contributed by atoms with Crippen molar-refractivity contribution in [2.45, 2.75) is 13.2 Å². The van der Waals surface area contributed by atoms with E-state index in [0.717, 1.165) is 4.68 Å². The number of aliphatic carboxylic acids is 1. The average molecular weight is 158 g/mol. The minimum absolute atomic E-state index is 0.592. The Morgan fingerprint density at radius 3 is 2.91 bits per heavy atom. The molecule has 0 aromatic carbocycles. The van der Waals surface area contributed by atoms with Gasteiger partial charge in [0.1, 0.15) is 0 Å². The normalized spacial score (nSPS) is 12.9. The number of hydrogen-bond donors (Lipinski definition) is 1. The summed E-state index contributed by atoms with van der Waals surface area (Å²) in [6, 6.07) is 1.54. The van der Waals surface area contributed by atoms with Gasteiger partial charge in [0, 0.05) is 6.20 Å². The van der Waals surface area contributed by atoms with Crippen LogP contribution in [-0.4, -0.2) is 20.9 Å². The summed E-state index contributed by atoms with van der Waals surface area (Å²) < 4.78 is 13.3. The Hall–Kier alpha value is -1.39. The van der Waals surface area contributed by atoms with E-state index >= 15 is 0 Å². The Balaban J connectivity index is 2.84. The average Bonchev–Trinajstić information content (AvgIpc) is 2.34. The number of carboxylic acids is 1. The van der Waals surface area contributed by atoms with Crippen LogP contribution in [0.25, 0.3) is 0 Å². The Morgan fingerprint density at radius 1 is 1.91 bits per heavy atom. The monoisotopic (exact) mass is 158 g/mol. The van der Waals surface area contributed by atoms with Crippen LogP contribution in [0.1, 0.15) is 12.0 Å². The number of carboxylic acid groups (broad SMARTS) is 1. The molecule has 0 saturated heterocycles. The van der Waals surface area contributed by atoms with E-state index in [0.29, 0.717) is 5.69 Å². The van der Waals surface area contributed by atoms with Crippen molar-refractivity contribution in [3.63, 3.8) is 0 Å². The van der Waals surface area contributed by atoms with Crippen LogP contribution in [0.2, 0.25) is 0 Å². The van der Waals surface area contributed by atoms with Crippen molar-refractivity contribution in [1.82, 2.24) is 9.78 Å². The van der Waals surface area contributed by atoms with Crippen LogP contribution in [0.4, 0.5) is 4.39 Å². The van der Waals surface area contributed by atoms with E-state index in [2.05, 4.69) is 5.10 Å². The maximum Gasteiger partial charge on any atom is 0.361 e. The highest BCUT2D eigenvalue weighted by Gasteiger charge is 2.17. The van der Waals surface area contributed by atoms with Crippen molar-refractivity contribution in [1.29, 1.82) is 0 Å². The van der Waals surface area contributed by atoms with Crippen molar-refractivity contribution in [3.8, 4) is 0 Å². The van der Waals surface area contributed by atoms with Gasteiger partial charge in [-0.3, -0.25) is 0 Å². The molecule has 11 heavy (non-hydrogen) atoms. The maximum atomic E-state index is 12.6. The van der Waals surface area contributed by atoms with Crippen LogP contribution in [0.3, 0.4) is 0 Å². The molecule has 1 rings (SSSR count). The molecule has 4 nitrogen and oxygen atoms in total. The van der Waals surface area contributed by atoms with Crippen LogP contribution in [-0.2, 0) is 4.79 Å². The number of halogens is 1. The van der Waals surface area contributed by atoms with Crippen molar-refractivity contribution < 1.29 is 14.3 Å². The molecular weight excluding hydrogens is 151 g/mol. The summed E-state index contributed by atoms with van der Waals surface area (Å²) in [5, 5.41) is 11.8. The SMILES string of the molecule is Cc1ccn(C(F)C(=O)O)n1. The van der Waals surface area contributed by atoms with Crippen molar-refractivity contribution in [2.24, 2.45) is 0 Å². The van der Waals surface area contributed by atoms with Crippen LogP contribution < -0.4 is 0 Å². The molecule has 0 aliphatic heterocycles. The first-order valence-corrected chi connectivity index (χ1v) is 3.00. The molecule has 60 valence electrons. The van der Waals surface area contributed by atoms with E-state index in [4.69, 9.17) is 5.11 Å². The summed E-state index contributed by atoms with van der Waals surface area (Å²) in [4.78, 5) is 10.1. The first kappa shape index (κ1) is 7.71. The van der Waals surface area contributed by atoms with Gasteiger partial charge in [0.15, 0.2) is 0 Å². The molecule has 0 aliphatic carbocycles. The molecule has 0 bridgehead atoms. The van der Waals surface area contributed by atoms with Gasteiger partial charge in [-0.25, -0.2) is 13.9 Å². The molecule has 5 heteroatoms. The Kier molecular flexibility index (Phi) is 1.89. The first-order chi connectivity index (χ1) is 5.11. The summed E-state index contributed by atoms with van der Waals surface area (Å²) in [5.41, 5.74) is 0.592. The van der Waals surface area contributed by atoms with E-state index in [1.807, 2.05) is 0 Å². The minimum Gasteiger partial charge on any atom is -0.478 e. The highest BCUT2D eigenvalue weighted by molar-refractivity contribution is 5.69. The summed E-state index contributed by atoms with van der Waals surface area (Å²) >= 11 is 0. The van der Waals surface area contributed by atoms with E-state index in [9.17, 15) is 9.18 Å². The van der Waals surface area contributed by atoms with Gasteiger partial charge in [-0.2, -0.15) is 5.10 Å². The third kappa shape index (κ3) is 1.54. The fraction of sp³-hybridized carbons (Fsp3) is 0.333. The minimum atomic E-state index is -2.08. The lowest BCUT2D eigenvalue weighted by atomic mass is 10.5. The maximum absolute atomic E-state index is 12.6. The number of aryl methyl sites for hydroxylation is 1. The number of nitrogens with zero attached hydrogens (tertiary/aromatic N) is 2. The number of carbonyl (C=O) groups is 1. The van der Waals surface area contributed by atoms with Crippen molar-refractivity contribution >= 4 is 5.97 Å². The van der Waals surface area contributed by atoms with Crippen LogP contribution in [0, 0.1) is 6.92 Å². The number of alkyl halides is 1. The molecule has 0 aliphatic rings. The smallest absolute Gasteiger partial charge is 0.361 e. The molecule has 1 N–H and O–H groups in total. The zero-order valence-corrected chi connectivity index (χ0v) is 5.86. The lowest BCUT2D eigenvalue weighted by molar-refractivity contribution is -0.146. The predicted molar refractivity (Wildman–Crippen MR) is 34.7 cm³/mol. The molecule has 1 unspecified atom stereocenters. The number of hydrogen-bond acceptors (Lipinski definition) is 2. The van der Waals surface area contributed by atoms with E-state index in [1.54, 1.807) is 6.92 Å². The van der Waals surface area contributed by atoms with Gasteiger partial charge < -0.3 is 5.11 Å². The quantitative estimate of drug-likeness (QED) is 0.690. The van der Waals surface area contributed by atoms with Gasteiger partial charge in [0.25, 0.3) is 6.30 Å². The summed E-state index contributed by atoms with van der Waals surface area (Å²) in [6.45, 7) is 1.66. The Morgan fingerprint density at radius 2 is 2.55 bits per heavy atom. The largest absolute Gasteiger partial charge is 0.478 e. The molecule has 0 amide bonds. The third-order valence-corrected chi connectivity index (χ3v) is 1.18. The Bertz CT molecular complexity index is 271. The fourth-order valence-electron chi connectivity index (χ4n) is 0.672. The predicted octanol–water partition coefficient (Wildman–Crippen LogP) is 0.744. The van der Waals surface area contributed by atoms with E-state index in [1.165, 1.54) is 12.3 Å². The molecule has 0 saturated carbocycles. The molecule has 0 fully saturated rings. The van der Waals surface area contributed by atoms with Gasteiger partial charge in [0.2, 0.25) is 0 Å². The molecule has 0 spiro atoms. The van der Waals surface area contributed by atoms with Crippen LogP contribution in [0.5, 0.6) is 0 Å². The lowest BCUT2D eigenvalue weighted by Gasteiger charge is -2.00. The van der Waals surface area contributed by atoms with Crippen molar-refractivity contribution in [3.05, 3.63) is 18.0 Å². The summed E-state index contributed by atoms with van der Waals surface area (Å²) in [5.74, 6) is -1.53. The third-order valence-electron chi connectivity index (χ3n) is 1.18. The van der Waals surface area contributed by atoms with E-state index < -0.39 is 12.3 Å². The molecule has 1 atom stereocenters. The number of aromatic nitrogens is 2. The van der Waals surface area contributed by atoms with Gasteiger partial charge in [-0.15, -0.1) is 0 Å².